The molecule has 434 valence electrons. The molecular formula is C63H72N10O10. The summed E-state index contributed by atoms with van der Waals surface area (Å²) in [6.07, 6.45) is 4.06. The highest BCUT2D eigenvalue weighted by atomic mass is 16.4. The summed E-state index contributed by atoms with van der Waals surface area (Å²) < 4.78 is 0. The maximum Gasteiger partial charge on any atom is 0.326 e. The van der Waals surface area contributed by atoms with Crippen LogP contribution in [0.15, 0.2) is 146 Å². The SMILES string of the molecule is CC(C)C[C@H](NC(=O)[C@H](Cc1c[nH]c2ccccc12)NC(=O)[C@H](Cc1ccc(O)cc1)NC(=O)[C@H](Cc1ccccc1)NC(=O)[C@H](C)N)C(=O)N1CCC[C@H]1C(=O)N[C@@H](Cc1c[nH]c2ccccc12)C(=O)N[C@@H](Cc1ccccc1)C(=O)O. The minimum atomic E-state index is -1.36. The summed E-state index contributed by atoms with van der Waals surface area (Å²) in [7, 11) is 0. The molecule has 20 nitrogen and oxygen atoms in total. The van der Waals surface area contributed by atoms with Gasteiger partial charge in [0.2, 0.25) is 41.4 Å². The number of nitrogens with zero attached hydrogens (tertiary/aromatic N) is 1. The van der Waals surface area contributed by atoms with E-state index in [1.165, 1.54) is 24.0 Å². The van der Waals surface area contributed by atoms with Gasteiger partial charge in [-0.2, -0.15) is 0 Å². The van der Waals surface area contributed by atoms with Crippen molar-refractivity contribution in [1.82, 2.24) is 46.8 Å². The van der Waals surface area contributed by atoms with Crippen LogP contribution in [0.4, 0.5) is 0 Å². The lowest BCUT2D eigenvalue weighted by Crippen LogP contribution is -2.61. The van der Waals surface area contributed by atoms with Crippen LogP contribution in [0, 0.1) is 5.92 Å². The third-order valence-corrected chi connectivity index (χ3v) is 14.9. The Balaban J connectivity index is 1.05. The number of rotatable bonds is 26. The number of aliphatic carboxylic acids is 1. The predicted octanol–water partition coefficient (Wildman–Crippen LogP) is 4.25. The number of aromatic hydroxyl groups is 1. The molecule has 2 aromatic heterocycles. The molecule has 1 aliphatic rings. The van der Waals surface area contributed by atoms with Crippen molar-refractivity contribution in [2.24, 2.45) is 11.7 Å². The zero-order chi connectivity index (χ0) is 59.2. The second kappa shape index (κ2) is 27.9. The van der Waals surface area contributed by atoms with Crippen molar-refractivity contribution < 1.29 is 48.6 Å². The highest BCUT2D eigenvalue weighted by molar-refractivity contribution is 5.99. The third kappa shape index (κ3) is 16.0. The Hall–Kier alpha value is -9.30. The fourth-order valence-corrected chi connectivity index (χ4v) is 10.5. The number of aromatic amines is 2. The molecular weight excluding hydrogens is 1060 g/mol. The van der Waals surface area contributed by atoms with Crippen molar-refractivity contribution in [1.29, 1.82) is 0 Å². The number of H-pyrrole nitrogens is 2. The summed E-state index contributed by atoms with van der Waals surface area (Å²) in [5.74, 6) is -6.21. The van der Waals surface area contributed by atoms with Crippen LogP contribution in [0.5, 0.6) is 5.75 Å². The monoisotopic (exact) mass is 1130 g/mol. The molecule has 0 bridgehead atoms. The molecule has 0 unspecified atom stereocenters. The number of aromatic nitrogens is 2. The van der Waals surface area contributed by atoms with Gasteiger partial charge in [-0.15, -0.1) is 0 Å². The zero-order valence-corrected chi connectivity index (χ0v) is 46.6. The van der Waals surface area contributed by atoms with Crippen molar-refractivity contribution in [2.45, 2.75) is 120 Å². The highest BCUT2D eigenvalue weighted by Gasteiger charge is 2.41. The molecule has 0 aliphatic carbocycles. The number of benzene rings is 5. The lowest BCUT2D eigenvalue weighted by molar-refractivity contribution is -0.143. The van der Waals surface area contributed by atoms with Gasteiger partial charge in [-0.3, -0.25) is 33.6 Å². The van der Waals surface area contributed by atoms with Gasteiger partial charge in [-0.1, -0.05) is 123 Å². The van der Waals surface area contributed by atoms with E-state index in [1.54, 1.807) is 79.1 Å². The molecule has 7 aromatic rings. The van der Waals surface area contributed by atoms with Crippen molar-refractivity contribution in [3.8, 4) is 5.75 Å². The van der Waals surface area contributed by atoms with Crippen LogP contribution in [-0.2, 0) is 70.5 Å². The number of phenols is 1. The molecule has 8 rings (SSSR count). The Kier molecular flexibility index (Phi) is 20.1. The number of nitrogens with one attached hydrogen (secondary N) is 8. The number of phenolic OH excluding ortho intramolecular Hbond substituents is 1. The van der Waals surface area contributed by atoms with Crippen LogP contribution in [0.3, 0.4) is 0 Å². The lowest BCUT2D eigenvalue weighted by atomic mass is 9.99. The molecule has 0 radical (unpaired) electrons. The Morgan fingerprint density at radius 2 is 0.928 bits per heavy atom. The smallest absolute Gasteiger partial charge is 0.326 e. The maximum absolute atomic E-state index is 15.1. The number of carboxylic acids is 1. The Bertz CT molecular complexity index is 3400. The van der Waals surface area contributed by atoms with Crippen LogP contribution in [0.1, 0.15) is 67.9 Å². The largest absolute Gasteiger partial charge is 0.508 e. The van der Waals surface area contributed by atoms with E-state index in [9.17, 15) is 39.0 Å². The van der Waals surface area contributed by atoms with E-state index in [-0.39, 0.29) is 63.2 Å². The Morgan fingerprint density at radius 1 is 0.518 bits per heavy atom. The van der Waals surface area contributed by atoms with Gasteiger partial charge < -0.3 is 62.7 Å². The first-order valence-electron chi connectivity index (χ1n) is 28.0. The molecule has 1 aliphatic heterocycles. The number of hydrogen-bond acceptors (Lipinski definition) is 10. The van der Waals surface area contributed by atoms with Crippen LogP contribution >= 0.6 is 0 Å². The Morgan fingerprint density at radius 3 is 1.41 bits per heavy atom. The number of para-hydroxylation sites is 2. The number of carbonyl (C=O) groups excluding carboxylic acids is 7. The quantitative estimate of drug-likeness (QED) is 0.0364. The van der Waals surface area contributed by atoms with Gasteiger partial charge >= 0.3 is 5.97 Å². The third-order valence-electron chi connectivity index (χ3n) is 14.9. The van der Waals surface area contributed by atoms with Gasteiger partial charge in [-0.05, 0) is 84.2 Å². The van der Waals surface area contributed by atoms with Crippen LogP contribution in [-0.4, -0.2) is 127 Å². The number of carbonyl (C=O) groups is 8. The molecule has 1 fully saturated rings. The predicted molar refractivity (Wildman–Crippen MR) is 313 cm³/mol. The number of likely N-dealkylation sites (tertiary alicyclic amines) is 1. The minimum absolute atomic E-state index is 0.0155. The maximum atomic E-state index is 15.1. The first kappa shape index (κ1) is 59.8. The van der Waals surface area contributed by atoms with Crippen LogP contribution in [0.25, 0.3) is 21.8 Å². The summed E-state index contributed by atoms with van der Waals surface area (Å²) in [5.41, 5.74) is 10.8. The average Bonchev–Trinajstić information content (AvgIpc) is 4.45. The summed E-state index contributed by atoms with van der Waals surface area (Å²) in [5, 5.41) is 38.8. The van der Waals surface area contributed by atoms with E-state index in [1.807, 2.05) is 68.4 Å². The molecule has 12 N–H and O–H groups in total. The summed E-state index contributed by atoms with van der Waals surface area (Å²) in [6.45, 7) is 5.37. The molecule has 7 amide bonds. The topological polar surface area (TPSA) is 310 Å². The summed E-state index contributed by atoms with van der Waals surface area (Å²) in [6, 6.07) is 29.0. The van der Waals surface area contributed by atoms with E-state index in [2.05, 4.69) is 41.9 Å². The van der Waals surface area contributed by atoms with E-state index in [4.69, 9.17) is 5.73 Å². The molecule has 0 spiro atoms. The number of carboxylic acid groups (broad SMARTS) is 1. The standard InChI is InChI=1S/C63H72N10O10/c1-37(2)29-53(62(81)73-28-14-23-55(73)61(80)70-52(34-43-36-66-48-22-13-11-20-46(43)48)60(79)72-54(63(82)83)32-40-17-8-5-9-18-40)71-59(78)51(33-42-35-65-47-21-12-10-19-45(42)47)69-58(77)50(31-41-24-26-44(74)27-25-41)68-57(76)49(67-56(75)38(3)64)30-39-15-6-4-7-16-39/h4-13,15-22,24-27,35-38,49-55,65-66,74H,14,23,28-34,64H2,1-3H3,(H,67,75)(H,68,76)(H,69,77)(H,70,80)(H,71,78)(H,72,79)(H,82,83)/t38-,49-,50-,51-,52-,53-,54-,55-/m0/s1. The number of nitrogens with two attached hydrogens (primary N) is 1. The molecule has 3 heterocycles. The molecule has 8 atom stereocenters. The normalized spacial score (nSPS) is 15.7. The van der Waals surface area contributed by atoms with Gasteiger partial charge in [0.15, 0.2) is 0 Å². The molecule has 83 heavy (non-hydrogen) atoms. The van der Waals surface area contributed by atoms with E-state index < -0.39 is 95.7 Å². The van der Waals surface area contributed by atoms with E-state index in [0.717, 1.165) is 27.4 Å². The minimum Gasteiger partial charge on any atom is -0.508 e. The van der Waals surface area contributed by atoms with E-state index in [0.29, 0.717) is 28.7 Å². The van der Waals surface area contributed by atoms with Crippen molar-refractivity contribution in [3.05, 3.63) is 174 Å². The Labute approximate surface area is 480 Å². The van der Waals surface area contributed by atoms with Gasteiger partial charge in [0.05, 0.1) is 6.04 Å². The molecule has 1 saturated heterocycles. The highest BCUT2D eigenvalue weighted by Crippen LogP contribution is 2.25. The summed E-state index contributed by atoms with van der Waals surface area (Å²) in [4.78, 5) is 122. The van der Waals surface area contributed by atoms with Crippen LogP contribution in [0.2, 0.25) is 0 Å². The van der Waals surface area contributed by atoms with Gasteiger partial charge in [0.25, 0.3) is 0 Å². The first-order valence-corrected chi connectivity index (χ1v) is 28.0. The second-order valence-electron chi connectivity index (χ2n) is 21.7. The average molecular weight is 1130 g/mol. The number of amides is 7. The summed E-state index contributed by atoms with van der Waals surface area (Å²) >= 11 is 0. The molecule has 20 heteroatoms. The second-order valence-corrected chi connectivity index (χ2v) is 21.7. The first-order chi connectivity index (χ1) is 39.9. The zero-order valence-electron chi connectivity index (χ0n) is 46.6. The molecule has 0 saturated carbocycles. The van der Waals surface area contributed by atoms with Crippen LogP contribution < -0.4 is 37.6 Å². The van der Waals surface area contributed by atoms with Gasteiger partial charge in [-0.25, -0.2) is 4.79 Å². The number of hydrogen-bond donors (Lipinski definition) is 11. The van der Waals surface area contributed by atoms with Crippen molar-refractivity contribution >= 4 is 69.1 Å². The van der Waals surface area contributed by atoms with Crippen molar-refractivity contribution in [2.75, 3.05) is 6.54 Å². The fourth-order valence-electron chi connectivity index (χ4n) is 10.5. The van der Waals surface area contributed by atoms with E-state index >= 15 is 9.59 Å². The molecule has 5 aromatic carbocycles. The lowest BCUT2D eigenvalue weighted by Gasteiger charge is -2.31. The van der Waals surface area contributed by atoms with Gasteiger partial charge in [0, 0.05) is 72.8 Å². The van der Waals surface area contributed by atoms with Crippen molar-refractivity contribution in [3.63, 3.8) is 0 Å². The fraction of sp³-hybridized carbons (Fsp3) is 0.333. The number of fused-ring (bicyclic) bond motifs is 2. The van der Waals surface area contributed by atoms with Gasteiger partial charge in [0.1, 0.15) is 48.0 Å².